The molecule has 1 rings (SSSR count). The van der Waals surface area contributed by atoms with Gasteiger partial charge in [-0.15, -0.1) is 0 Å². The third-order valence-electron chi connectivity index (χ3n) is 2.92. The fraction of sp³-hybridized carbons (Fsp3) is 0.429. The summed E-state index contributed by atoms with van der Waals surface area (Å²) in [4.78, 5) is 22.8. The first-order valence-electron chi connectivity index (χ1n) is 6.26. The largest absolute Gasteiger partial charge is 0.468 e. The summed E-state index contributed by atoms with van der Waals surface area (Å²) in [5.74, 6) is -0.433. The van der Waals surface area contributed by atoms with E-state index in [-0.39, 0.29) is 5.69 Å². The number of rotatable bonds is 4. The lowest BCUT2D eigenvalue weighted by Crippen LogP contribution is -2.30. The van der Waals surface area contributed by atoms with Crippen LogP contribution in [0.5, 0.6) is 0 Å². The molecule has 0 aliphatic carbocycles. The molecule has 0 aromatic heterocycles. The van der Waals surface area contributed by atoms with Crippen molar-refractivity contribution in [2.45, 2.75) is 25.4 Å². The molecule has 122 valence electrons. The minimum atomic E-state index is -4.58. The van der Waals surface area contributed by atoms with E-state index in [1.807, 2.05) is 0 Å². The van der Waals surface area contributed by atoms with Crippen LogP contribution in [0.1, 0.15) is 19.4 Å². The van der Waals surface area contributed by atoms with Gasteiger partial charge in [-0.05, 0) is 31.5 Å². The van der Waals surface area contributed by atoms with Crippen molar-refractivity contribution in [3.63, 3.8) is 0 Å². The summed E-state index contributed by atoms with van der Waals surface area (Å²) in [5.41, 5.74) is -0.00508. The van der Waals surface area contributed by atoms with Crippen molar-refractivity contribution in [1.29, 1.82) is 0 Å². The number of halogens is 3. The second-order valence-electron chi connectivity index (χ2n) is 5.01. The van der Waals surface area contributed by atoms with E-state index in [4.69, 9.17) is 4.74 Å². The van der Waals surface area contributed by atoms with Crippen LogP contribution < -0.4 is 5.32 Å². The molecule has 0 heterocycles. The van der Waals surface area contributed by atoms with E-state index in [0.717, 1.165) is 0 Å². The van der Waals surface area contributed by atoms with Gasteiger partial charge in [0.2, 0.25) is 0 Å². The predicted molar refractivity (Wildman–Crippen MR) is 72.5 cm³/mol. The second kappa shape index (κ2) is 6.67. The Morgan fingerprint density at radius 3 is 2.14 bits per heavy atom. The number of alkyl halides is 3. The number of ether oxygens (including phenoxy) is 2. The van der Waals surface area contributed by atoms with E-state index < -0.39 is 30.3 Å². The lowest BCUT2D eigenvalue weighted by atomic mass is 9.85. The molecule has 0 radical (unpaired) electrons. The first kappa shape index (κ1) is 17.8. The maximum Gasteiger partial charge on any atom is 0.422 e. The van der Waals surface area contributed by atoms with E-state index in [1.165, 1.54) is 19.2 Å². The third kappa shape index (κ3) is 4.94. The van der Waals surface area contributed by atoms with Crippen LogP contribution in [-0.4, -0.2) is 32.0 Å². The molecule has 1 amide bonds. The molecule has 0 saturated heterocycles. The first-order chi connectivity index (χ1) is 10.1. The highest BCUT2D eigenvalue weighted by Gasteiger charge is 2.31. The van der Waals surface area contributed by atoms with Crippen LogP contribution in [-0.2, 0) is 19.7 Å². The molecule has 1 aromatic carbocycles. The molecule has 1 N–H and O–H groups in total. The number of carbonyl (C=O) groups excluding carboxylic acids is 2. The summed E-state index contributed by atoms with van der Waals surface area (Å²) in [6, 6.07) is 6.04. The van der Waals surface area contributed by atoms with Crippen molar-refractivity contribution in [2.24, 2.45) is 0 Å². The van der Waals surface area contributed by atoms with Crippen molar-refractivity contribution in [2.75, 3.05) is 19.0 Å². The quantitative estimate of drug-likeness (QED) is 0.865. The molecule has 0 fully saturated rings. The molecule has 0 saturated carbocycles. The van der Waals surface area contributed by atoms with Gasteiger partial charge >= 0.3 is 18.2 Å². The second-order valence-corrected chi connectivity index (χ2v) is 5.01. The molecular formula is C14H16F3NO4. The summed E-state index contributed by atoms with van der Waals surface area (Å²) >= 11 is 0. The van der Waals surface area contributed by atoms with E-state index in [9.17, 15) is 22.8 Å². The fourth-order valence-corrected chi connectivity index (χ4v) is 1.64. The molecule has 0 bridgehead atoms. The number of esters is 1. The number of methoxy groups -OCH3 is 1. The van der Waals surface area contributed by atoms with Gasteiger partial charge in [0.25, 0.3) is 0 Å². The van der Waals surface area contributed by atoms with Gasteiger partial charge in [-0.1, -0.05) is 12.1 Å². The van der Waals surface area contributed by atoms with E-state index >= 15 is 0 Å². The lowest BCUT2D eigenvalue weighted by molar-refractivity contribution is -0.159. The van der Waals surface area contributed by atoms with Crippen LogP contribution in [0.15, 0.2) is 24.3 Å². The molecule has 0 aliphatic heterocycles. The average Bonchev–Trinajstić information content (AvgIpc) is 2.44. The zero-order valence-corrected chi connectivity index (χ0v) is 12.3. The Labute approximate surface area is 125 Å². The molecule has 0 aliphatic rings. The van der Waals surface area contributed by atoms with Crippen molar-refractivity contribution < 1.29 is 32.2 Å². The number of benzene rings is 1. The van der Waals surface area contributed by atoms with Gasteiger partial charge in [-0.25, -0.2) is 4.79 Å². The van der Waals surface area contributed by atoms with Crippen molar-refractivity contribution >= 4 is 17.7 Å². The SMILES string of the molecule is COC(=O)C(C)(C)c1ccc(NC(=O)OCC(F)(F)F)cc1. The number of anilines is 1. The number of nitrogens with one attached hydrogen (secondary N) is 1. The van der Waals surface area contributed by atoms with Gasteiger partial charge in [0.15, 0.2) is 6.61 Å². The topological polar surface area (TPSA) is 64.6 Å². The Kier molecular flexibility index (Phi) is 5.40. The smallest absolute Gasteiger partial charge is 0.422 e. The molecule has 22 heavy (non-hydrogen) atoms. The zero-order chi connectivity index (χ0) is 17.0. The van der Waals surface area contributed by atoms with Gasteiger partial charge in [-0.3, -0.25) is 10.1 Å². The Morgan fingerprint density at radius 2 is 1.68 bits per heavy atom. The third-order valence-corrected chi connectivity index (χ3v) is 2.92. The summed E-state index contributed by atoms with van der Waals surface area (Å²) in [7, 11) is 1.27. The predicted octanol–water partition coefficient (Wildman–Crippen LogP) is 3.25. The maximum absolute atomic E-state index is 11.9. The molecule has 0 unspecified atom stereocenters. The Balaban J connectivity index is 2.70. The van der Waals surface area contributed by atoms with Crippen LogP contribution in [0, 0.1) is 0 Å². The monoisotopic (exact) mass is 319 g/mol. The summed E-state index contributed by atoms with van der Waals surface area (Å²) < 4.78 is 44.4. The van der Waals surface area contributed by atoms with Gasteiger partial charge in [-0.2, -0.15) is 13.2 Å². The first-order valence-corrected chi connectivity index (χ1v) is 6.26. The zero-order valence-electron chi connectivity index (χ0n) is 12.3. The van der Waals surface area contributed by atoms with Crippen molar-refractivity contribution in [3.05, 3.63) is 29.8 Å². The molecule has 8 heteroatoms. The maximum atomic E-state index is 11.9. The number of amides is 1. The molecule has 5 nitrogen and oxygen atoms in total. The van der Waals surface area contributed by atoms with Crippen molar-refractivity contribution in [3.8, 4) is 0 Å². The minimum absolute atomic E-state index is 0.247. The van der Waals surface area contributed by atoms with Gasteiger partial charge in [0.05, 0.1) is 12.5 Å². The summed E-state index contributed by atoms with van der Waals surface area (Å²) in [6.45, 7) is 1.67. The van der Waals surface area contributed by atoms with Gasteiger partial charge in [0, 0.05) is 5.69 Å². The standard InChI is InChI=1S/C14H16F3NO4/c1-13(2,11(19)21-3)9-4-6-10(7-5-9)18-12(20)22-8-14(15,16)17/h4-7H,8H2,1-3H3,(H,18,20). The lowest BCUT2D eigenvalue weighted by Gasteiger charge is -2.22. The van der Waals surface area contributed by atoms with Crippen LogP contribution in [0.25, 0.3) is 0 Å². The highest BCUT2D eigenvalue weighted by atomic mass is 19.4. The Bertz CT molecular complexity index is 538. The van der Waals surface area contributed by atoms with Crippen LogP contribution in [0.4, 0.5) is 23.7 Å². The van der Waals surface area contributed by atoms with Gasteiger partial charge in [0.1, 0.15) is 0 Å². The van der Waals surface area contributed by atoms with Gasteiger partial charge < -0.3 is 9.47 Å². The van der Waals surface area contributed by atoms with E-state index in [2.05, 4.69) is 10.1 Å². The number of carbonyl (C=O) groups is 2. The number of hydrogen-bond donors (Lipinski definition) is 1. The van der Waals surface area contributed by atoms with Crippen LogP contribution in [0.2, 0.25) is 0 Å². The van der Waals surface area contributed by atoms with E-state index in [1.54, 1.807) is 26.0 Å². The molecule has 1 aromatic rings. The molecular weight excluding hydrogens is 303 g/mol. The average molecular weight is 319 g/mol. The Hall–Kier alpha value is -2.25. The molecule has 0 atom stereocenters. The normalized spacial score (nSPS) is 11.7. The molecule has 0 spiro atoms. The van der Waals surface area contributed by atoms with Crippen LogP contribution >= 0.6 is 0 Å². The summed E-state index contributed by atoms with van der Waals surface area (Å²) in [5, 5.41) is 2.16. The summed E-state index contributed by atoms with van der Waals surface area (Å²) in [6.07, 6.45) is -5.79. The van der Waals surface area contributed by atoms with E-state index in [0.29, 0.717) is 5.56 Å². The highest BCUT2D eigenvalue weighted by Crippen LogP contribution is 2.26. The van der Waals surface area contributed by atoms with Crippen molar-refractivity contribution in [1.82, 2.24) is 0 Å². The number of hydrogen-bond acceptors (Lipinski definition) is 4. The van der Waals surface area contributed by atoms with Crippen LogP contribution in [0.3, 0.4) is 0 Å². The fourth-order valence-electron chi connectivity index (χ4n) is 1.64. The minimum Gasteiger partial charge on any atom is -0.468 e. The highest BCUT2D eigenvalue weighted by molar-refractivity contribution is 5.85. The Morgan fingerprint density at radius 1 is 1.14 bits per heavy atom.